The maximum absolute atomic E-state index is 12.0. The lowest BCUT2D eigenvalue weighted by Crippen LogP contribution is -2.36. The summed E-state index contributed by atoms with van der Waals surface area (Å²) in [5.74, 6) is -1.98. The number of methoxy groups -OCH3 is 2. The van der Waals surface area contributed by atoms with E-state index in [-0.39, 0.29) is 24.0 Å². The van der Waals surface area contributed by atoms with E-state index in [0.717, 1.165) is 0 Å². The number of hydrogen-bond donors (Lipinski definition) is 0. The first kappa shape index (κ1) is 13.6. The molecule has 0 aromatic rings. The molecule has 20 heavy (non-hydrogen) atoms. The molecule has 1 heterocycles. The Morgan fingerprint density at radius 1 is 1.00 bits per heavy atom. The molecule has 110 valence electrons. The molecule has 2 aliphatic carbocycles. The highest BCUT2D eigenvalue weighted by molar-refractivity contribution is 6.02. The van der Waals surface area contributed by atoms with Gasteiger partial charge in [-0.1, -0.05) is 0 Å². The molecule has 0 spiro atoms. The van der Waals surface area contributed by atoms with Gasteiger partial charge in [-0.15, -0.1) is 0 Å². The Bertz CT molecular complexity index is 464. The summed E-state index contributed by atoms with van der Waals surface area (Å²) in [6.45, 7) is 3.67. The zero-order valence-corrected chi connectivity index (χ0v) is 12.0. The van der Waals surface area contributed by atoms with Crippen molar-refractivity contribution in [2.75, 3.05) is 14.2 Å². The highest BCUT2D eigenvalue weighted by Gasteiger charge is 2.62. The van der Waals surface area contributed by atoms with Crippen LogP contribution in [0.2, 0.25) is 0 Å². The predicted octanol–water partition coefficient (Wildman–Crippen LogP) is 0.799. The average Bonchev–Trinajstić information content (AvgIpc) is 3.02. The molecule has 6 nitrogen and oxygen atoms in total. The van der Waals surface area contributed by atoms with Gasteiger partial charge in [0.15, 0.2) is 5.79 Å². The molecule has 0 aromatic carbocycles. The first-order valence-corrected chi connectivity index (χ1v) is 6.66. The number of rotatable bonds is 2. The van der Waals surface area contributed by atoms with E-state index in [4.69, 9.17) is 18.9 Å². The van der Waals surface area contributed by atoms with E-state index in [1.165, 1.54) is 14.2 Å². The van der Waals surface area contributed by atoms with Gasteiger partial charge < -0.3 is 18.9 Å². The largest absolute Gasteiger partial charge is 0.466 e. The van der Waals surface area contributed by atoms with Gasteiger partial charge >= 0.3 is 11.9 Å². The van der Waals surface area contributed by atoms with Crippen molar-refractivity contribution in [1.82, 2.24) is 0 Å². The zero-order chi connectivity index (χ0) is 14.7. The average molecular weight is 282 g/mol. The molecule has 3 aliphatic rings. The van der Waals surface area contributed by atoms with Crippen LogP contribution in [0, 0.1) is 11.8 Å². The van der Waals surface area contributed by atoms with Crippen molar-refractivity contribution in [2.45, 2.75) is 38.3 Å². The minimum Gasteiger partial charge on any atom is -0.466 e. The number of esters is 2. The second-order valence-electron chi connectivity index (χ2n) is 5.82. The molecule has 0 aromatic heterocycles. The van der Waals surface area contributed by atoms with E-state index in [0.29, 0.717) is 17.6 Å². The number of fused-ring (bicyclic) bond motifs is 5. The molecule has 4 unspecified atom stereocenters. The van der Waals surface area contributed by atoms with Crippen LogP contribution in [0.4, 0.5) is 0 Å². The van der Waals surface area contributed by atoms with Crippen LogP contribution in [0.25, 0.3) is 0 Å². The molecule has 1 aliphatic heterocycles. The van der Waals surface area contributed by atoms with E-state index in [2.05, 4.69) is 0 Å². The molecule has 2 fully saturated rings. The Hall–Kier alpha value is -1.40. The predicted molar refractivity (Wildman–Crippen MR) is 66.5 cm³/mol. The minimum absolute atomic E-state index is 0.159. The van der Waals surface area contributed by atoms with Crippen LogP contribution in [0.3, 0.4) is 0 Å². The van der Waals surface area contributed by atoms with Gasteiger partial charge in [-0.3, -0.25) is 0 Å². The minimum atomic E-state index is -0.695. The lowest BCUT2D eigenvalue weighted by Gasteiger charge is -2.24. The van der Waals surface area contributed by atoms with Crippen LogP contribution in [0.1, 0.15) is 20.3 Å². The molecule has 4 atom stereocenters. The fourth-order valence-corrected chi connectivity index (χ4v) is 3.69. The summed E-state index contributed by atoms with van der Waals surface area (Å²) in [6, 6.07) is 0. The van der Waals surface area contributed by atoms with Crippen LogP contribution >= 0.6 is 0 Å². The van der Waals surface area contributed by atoms with Crippen LogP contribution in [0.15, 0.2) is 11.1 Å². The van der Waals surface area contributed by atoms with Crippen molar-refractivity contribution in [1.29, 1.82) is 0 Å². The first-order chi connectivity index (χ1) is 9.39. The molecule has 1 saturated heterocycles. The lowest BCUT2D eigenvalue weighted by atomic mass is 9.87. The molecule has 0 amide bonds. The van der Waals surface area contributed by atoms with Gasteiger partial charge in [-0.25, -0.2) is 9.59 Å². The third kappa shape index (κ3) is 1.71. The van der Waals surface area contributed by atoms with Crippen molar-refractivity contribution < 1.29 is 28.5 Å². The number of ether oxygens (including phenoxy) is 4. The summed E-state index contributed by atoms with van der Waals surface area (Å²) in [5.41, 5.74) is 0.791. The Labute approximate surface area is 117 Å². The monoisotopic (exact) mass is 282 g/mol. The molecular formula is C14H18O6. The van der Waals surface area contributed by atoms with E-state index in [1.807, 2.05) is 13.8 Å². The van der Waals surface area contributed by atoms with Crippen LogP contribution in [0.5, 0.6) is 0 Å². The van der Waals surface area contributed by atoms with E-state index in [1.54, 1.807) is 0 Å². The zero-order valence-electron chi connectivity index (χ0n) is 12.0. The highest BCUT2D eigenvalue weighted by Crippen LogP contribution is 2.56. The van der Waals surface area contributed by atoms with E-state index in [9.17, 15) is 9.59 Å². The lowest BCUT2D eigenvalue weighted by molar-refractivity contribution is -0.158. The van der Waals surface area contributed by atoms with Gasteiger partial charge in [0.25, 0.3) is 0 Å². The number of hydrogen-bond acceptors (Lipinski definition) is 6. The summed E-state index contributed by atoms with van der Waals surface area (Å²) in [6.07, 6.45) is 0.273. The van der Waals surface area contributed by atoms with E-state index < -0.39 is 17.7 Å². The van der Waals surface area contributed by atoms with Gasteiger partial charge in [-0.2, -0.15) is 0 Å². The Morgan fingerprint density at radius 2 is 1.40 bits per heavy atom. The topological polar surface area (TPSA) is 71.1 Å². The maximum Gasteiger partial charge on any atom is 0.334 e. The van der Waals surface area contributed by atoms with Gasteiger partial charge in [0.1, 0.15) is 0 Å². The number of carbonyl (C=O) groups is 2. The smallest absolute Gasteiger partial charge is 0.334 e. The fraction of sp³-hybridized carbons (Fsp3) is 0.714. The molecule has 1 saturated carbocycles. The Morgan fingerprint density at radius 3 is 1.75 bits per heavy atom. The third-order valence-electron chi connectivity index (χ3n) is 4.31. The van der Waals surface area contributed by atoms with Gasteiger partial charge in [0.05, 0.1) is 37.6 Å². The summed E-state index contributed by atoms with van der Waals surface area (Å²) in [5, 5.41) is 0. The second kappa shape index (κ2) is 4.30. The van der Waals surface area contributed by atoms with E-state index >= 15 is 0 Å². The summed E-state index contributed by atoms with van der Waals surface area (Å²) in [4.78, 5) is 24.0. The first-order valence-electron chi connectivity index (χ1n) is 6.66. The van der Waals surface area contributed by atoms with Crippen molar-refractivity contribution in [3.05, 3.63) is 11.1 Å². The van der Waals surface area contributed by atoms with Gasteiger partial charge in [-0.05, 0) is 20.3 Å². The molecular weight excluding hydrogens is 264 g/mol. The van der Waals surface area contributed by atoms with Crippen LogP contribution < -0.4 is 0 Å². The number of carbonyl (C=O) groups excluding carboxylic acids is 2. The Kier molecular flexibility index (Phi) is 2.92. The fourth-order valence-electron chi connectivity index (χ4n) is 3.69. The van der Waals surface area contributed by atoms with Crippen LogP contribution in [-0.4, -0.2) is 44.2 Å². The standard InChI is InChI=1S/C14H18O6/c1-14(2)19-10-6-5-7(11(10)20-14)9(13(16)18-4)8(6)12(15)17-3/h6-7,10-11H,5H2,1-4H3. The van der Waals surface area contributed by atoms with Crippen molar-refractivity contribution in [2.24, 2.45) is 11.8 Å². The molecule has 6 heteroatoms. The normalized spacial score (nSPS) is 37.0. The SMILES string of the molecule is COC(=O)C1=C(C(=O)OC)C2CC1C1OC(C)(C)OC21. The second-order valence-corrected chi connectivity index (χ2v) is 5.82. The molecule has 0 radical (unpaired) electrons. The van der Waals surface area contributed by atoms with Gasteiger partial charge in [0.2, 0.25) is 0 Å². The van der Waals surface area contributed by atoms with Crippen molar-refractivity contribution >= 4 is 11.9 Å². The summed E-state index contributed by atoms with van der Waals surface area (Å²) in [7, 11) is 2.62. The summed E-state index contributed by atoms with van der Waals surface area (Å²) < 4.78 is 21.4. The highest BCUT2D eigenvalue weighted by atomic mass is 16.8. The molecule has 2 bridgehead atoms. The van der Waals surface area contributed by atoms with Crippen LogP contribution in [-0.2, 0) is 28.5 Å². The quantitative estimate of drug-likeness (QED) is 0.698. The Balaban J connectivity index is 2.02. The molecule has 3 rings (SSSR count). The van der Waals surface area contributed by atoms with Crippen molar-refractivity contribution in [3.8, 4) is 0 Å². The summed E-state index contributed by atoms with van der Waals surface area (Å²) >= 11 is 0. The maximum atomic E-state index is 12.0. The van der Waals surface area contributed by atoms with Gasteiger partial charge in [0, 0.05) is 11.8 Å². The molecule has 0 N–H and O–H groups in total. The third-order valence-corrected chi connectivity index (χ3v) is 4.31. The van der Waals surface area contributed by atoms with Crippen molar-refractivity contribution in [3.63, 3.8) is 0 Å².